The van der Waals surface area contributed by atoms with Gasteiger partial charge in [0.25, 0.3) is 0 Å². The molecule has 0 saturated heterocycles. The van der Waals surface area contributed by atoms with Crippen LogP contribution in [0.4, 0.5) is 4.39 Å². The highest BCUT2D eigenvalue weighted by Gasteiger charge is 2.24. The molecular formula is C16H20FN3O. The van der Waals surface area contributed by atoms with Gasteiger partial charge in [-0.25, -0.2) is 4.39 Å². The molecule has 2 N–H and O–H groups in total. The number of nitrogens with zero attached hydrogens (tertiary/aromatic N) is 2. The summed E-state index contributed by atoms with van der Waals surface area (Å²) in [6.45, 7) is 1.72. The molecule has 21 heavy (non-hydrogen) atoms. The van der Waals surface area contributed by atoms with Gasteiger partial charge in [0.2, 0.25) is 11.7 Å². The summed E-state index contributed by atoms with van der Waals surface area (Å²) in [7, 11) is 0. The zero-order valence-corrected chi connectivity index (χ0v) is 12.2. The molecule has 1 atom stereocenters. The normalized spacial score (nSPS) is 17.3. The van der Waals surface area contributed by atoms with Crippen molar-refractivity contribution in [2.75, 3.05) is 0 Å². The van der Waals surface area contributed by atoms with Crippen LogP contribution in [0, 0.1) is 18.7 Å². The van der Waals surface area contributed by atoms with Crippen LogP contribution in [0.25, 0.3) is 11.4 Å². The standard InChI is InChI=1S/C16H20FN3O/c1-10-8-12(6-7-13(10)17)16-19-15(21-20-16)9-14(18)11-4-2-3-5-11/h6-8,11,14H,2-5,9,18H2,1H3. The first kappa shape index (κ1) is 14.2. The molecule has 112 valence electrons. The Labute approximate surface area is 123 Å². The van der Waals surface area contributed by atoms with Gasteiger partial charge in [0, 0.05) is 18.0 Å². The van der Waals surface area contributed by atoms with Gasteiger partial charge in [0.05, 0.1) is 0 Å². The second-order valence-corrected chi connectivity index (χ2v) is 5.89. The topological polar surface area (TPSA) is 64.9 Å². The largest absolute Gasteiger partial charge is 0.339 e. The van der Waals surface area contributed by atoms with Crippen molar-refractivity contribution in [1.82, 2.24) is 10.1 Å². The van der Waals surface area contributed by atoms with E-state index in [1.807, 2.05) is 0 Å². The van der Waals surface area contributed by atoms with E-state index in [1.165, 1.54) is 31.7 Å². The van der Waals surface area contributed by atoms with Crippen molar-refractivity contribution in [2.24, 2.45) is 11.7 Å². The Kier molecular flexibility index (Phi) is 4.01. The highest BCUT2D eigenvalue weighted by Crippen LogP contribution is 2.28. The molecule has 1 saturated carbocycles. The quantitative estimate of drug-likeness (QED) is 0.938. The monoisotopic (exact) mass is 289 g/mol. The summed E-state index contributed by atoms with van der Waals surface area (Å²) in [6, 6.07) is 4.88. The van der Waals surface area contributed by atoms with E-state index in [0.29, 0.717) is 29.6 Å². The molecule has 4 nitrogen and oxygen atoms in total. The van der Waals surface area contributed by atoms with E-state index in [4.69, 9.17) is 10.3 Å². The average molecular weight is 289 g/mol. The molecule has 2 aromatic rings. The number of nitrogens with two attached hydrogens (primary N) is 1. The Hall–Kier alpha value is -1.75. The van der Waals surface area contributed by atoms with Gasteiger partial charge in [0.15, 0.2) is 0 Å². The molecule has 1 aromatic heterocycles. The van der Waals surface area contributed by atoms with Gasteiger partial charge in [-0.1, -0.05) is 18.0 Å². The van der Waals surface area contributed by atoms with E-state index < -0.39 is 0 Å². The van der Waals surface area contributed by atoms with E-state index >= 15 is 0 Å². The van der Waals surface area contributed by atoms with Crippen molar-refractivity contribution >= 4 is 0 Å². The van der Waals surface area contributed by atoms with Gasteiger partial charge in [0.1, 0.15) is 5.82 Å². The first-order chi connectivity index (χ1) is 10.1. The number of halogens is 1. The Bertz CT molecular complexity index is 620. The molecule has 1 aliphatic rings. The van der Waals surface area contributed by atoms with Gasteiger partial charge in [-0.2, -0.15) is 4.98 Å². The summed E-state index contributed by atoms with van der Waals surface area (Å²) in [4.78, 5) is 4.38. The second-order valence-electron chi connectivity index (χ2n) is 5.89. The lowest BCUT2D eigenvalue weighted by molar-refractivity contribution is 0.341. The van der Waals surface area contributed by atoms with Crippen LogP contribution in [0.5, 0.6) is 0 Å². The van der Waals surface area contributed by atoms with Gasteiger partial charge in [-0.15, -0.1) is 0 Å². The van der Waals surface area contributed by atoms with E-state index in [9.17, 15) is 4.39 Å². The molecule has 0 bridgehead atoms. The van der Waals surface area contributed by atoms with Crippen LogP contribution in [0.2, 0.25) is 0 Å². The zero-order chi connectivity index (χ0) is 14.8. The molecule has 0 amide bonds. The van der Waals surface area contributed by atoms with Crippen LogP contribution >= 0.6 is 0 Å². The van der Waals surface area contributed by atoms with E-state index in [1.54, 1.807) is 19.1 Å². The highest BCUT2D eigenvalue weighted by atomic mass is 19.1. The van der Waals surface area contributed by atoms with Crippen molar-refractivity contribution in [2.45, 2.75) is 45.1 Å². The van der Waals surface area contributed by atoms with Gasteiger partial charge in [-0.05, 0) is 49.4 Å². The number of hydrogen-bond donors (Lipinski definition) is 1. The maximum Gasteiger partial charge on any atom is 0.228 e. The summed E-state index contributed by atoms with van der Waals surface area (Å²) in [5.41, 5.74) is 7.56. The predicted molar refractivity (Wildman–Crippen MR) is 78.1 cm³/mol. The number of rotatable bonds is 4. The highest BCUT2D eigenvalue weighted by molar-refractivity contribution is 5.55. The number of hydrogen-bond acceptors (Lipinski definition) is 4. The molecular weight excluding hydrogens is 269 g/mol. The third-order valence-electron chi connectivity index (χ3n) is 4.30. The minimum atomic E-state index is -0.231. The van der Waals surface area contributed by atoms with Crippen LogP contribution in [-0.2, 0) is 6.42 Å². The number of aryl methyl sites for hydroxylation is 1. The summed E-state index contributed by atoms with van der Waals surface area (Å²) in [5, 5.41) is 3.97. The van der Waals surface area contributed by atoms with Crippen molar-refractivity contribution in [1.29, 1.82) is 0 Å². The summed E-state index contributed by atoms with van der Waals surface area (Å²) < 4.78 is 18.6. The molecule has 3 rings (SSSR count). The van der Waals surface area contributed by atoms with Crippen molar-refractivity contribution in [3.05, 3.63) is 35.5 Å². The van der Waals surface area contributed by atoms with Crippen molar-refractivity contribution in [3.63, 3.8) is 0 Å². The Morgan fingerprint density at radius 1 is 1.38 bits per heavy atom. The Morgan fingerprint density at radius 2 is 2.14 bits per heavy atom. The molecule has 1 aliphatic carbocycles. The Balaban J connectivity index is 1.72. The maximum atomic E-state index is 13.3. The molecule has 0 spiro atoms. The van der Waals surface area contributed by atoms with Gasteiger partial charge >= 0.3 is 0 Å². The summed E-state index contributed by atoms with van der Waals surface area (Å²) >= 11 is 0. The lowest BCUT2D eigenvalue weighted by atomic mass is 9.96. The van der Waals surface area contributed by atoms with Crippen LogP contribution in [0.3, 0.4) is 0 Å². The number of aromatic nitrogens is 2. The van der Waals surface area contributed by atoms with E-state index in [2.05, 4.69) is 10.1 Å². The van der Waals surface area contributed by atoms with Crippen LogP contribution in [-0.4, -0.2) is 16.2 Å². The molecule has 5 heteroatoms. The van der Waals surface area contributed by atoms with Gasteiger partial charge in [-0.3, -0.25) is 0 Å². The molecule has 1 aromatic carbocycles. The molecule has 1 unspecified atom stereocenters. The van der Waals surface area contributed by atoms with Crippen LogP contribution in [0.15, 0.2) is 22.7 Å². The molecule has 0 radical (unpaired) electrons. The third-order valence-corrected chi connectivity index (χ3v) is 4.30. The maximum absolute atomic E-state index is 13.3. The smallest absolute Gasteiger partial charge is 0.228 e. The van der Waals surface area contributed by atoms with Crippen LogP contribution < -0.4 is 5.73 Å². The average Bonchev–Trinajstić information content (AvgIpc) is 3.12. The minimum absolute atomic E-state index is 0.0794. The second kappa shape index (κ2) is 5.93. The van der Waals surface area contributed by atoms with E-state index in [0.717, 1.165) is 5.56 Å². The van der Waals surface area contributed by atoms with Crippen LogP contribution in [0.1, 0.15) is 37.1 Å². The lowest BCUT2D eigenvalue weighted by Gasteiger charge is -2.16. The molecule has 0 aliphatic heterocycles. The lowest BCUT2D eigenvalue weighted by Crippen LogP contribution is -2.30. The Morgan fingerprint density at radius 3 is 2.86 bits per heavy atom. The SMILES string of the molecule is Cc1cc(-c2noc(CC(N)C3CCCC3)n2)ccc1F. The fourth-order valence-electron chi connectivity index (χ4n) is 2.99. The zero-order valence-electron chi connectivity index (χ0n) is 12.2. The first-order valence-electron chi connectivity index (χ1n) is 7.48. The van der Waals surface area contributed by atoms with Gasteiger partial charge < -0.3 is 10.3 Å². The third kappa shape index (κ3) is 3.13. The van der Waals surface area contributed by atoms with Crippen molar-refractivity contribution in [3.8, 4) is 11.4 Å². The fourth-order valence-corrected chi connectivity index (χ4v) is 2.99. The van der Waals surface area contributed by atoms with Crippen molar-refractivity contribution < 1.29 is 8.91 Å². The first-order valence-corrected chi connectivity index (χ1v) is 7.48. The number of benzene rings is 1. The fraction of sp³-hybridized carbons (Fsp3) is 0.500. The minimum Gasteiger partial charge on any atom is -0.339 e. The summed E-state index contributed by atoms with van der Waals surface area (Å²) in [6.07, 6.45) is 5.53. The molecule has 1 heterocycles. The predicted octanol–water partition coefficient (Wildman–Crippen LogP) is 3.24. The van der Waals surface area contributed by atoms with E-state index in [-0.39, 0.29) is 11.9 Å². The summed E-state index contributed by atoms with van der Waals surface area (Å²) in [5.74, 6) is 1.39. The molecule has 1 fully saturated rings.